The molecule has 1 aromatic heterocycles. The van der Waals surface area contributed by atoms with E-state index in [1.165, 1.54) is 6.26 Å². The van der Waals surface area contributed by atoms with Crippen LogP contribution in [0.15, 0.2) is 28.5 Å². The normalized spacial score (nSPS) is 13.4. The number of fused-ring (bicyclic) bond motifs is 1. The second kappa shape index (κ2) is 6.82. The predicted molar refractivity (Wildman–Crippen MR) is 104 cm³/mol. The minimum Gasteiger partial charge on any atom is -0.307 e. The van der Waals surface area contributed by atoms with Gasteiger partial charge in [-0.3, -0.25) is 5.32 Å². The number of amides is 2. The fourth-order valence-electron chi connectivity index (χ4n) is 2.70. The highest BCUT2D eigenvalue weighted by Gasteiger charge is 2.25. The molecule has 1 aliphatic rings. The molecule has 1 aromatic carbocycles. The lowest BCUT2D eigenvalue weighted by atomic mass is 10.0. The van der Waals surface area contributed by atoms with Crippen LogP contribution >= 0.6 is 22.9 Å². The van der Waals surface area contributed by atoms with Gasteiger partial charge in [0.05, 0.1) is 0 Å². The van der Waals surface area contributed by atoms with Crippen molar-refractivity contribution in [2.75, 3.05) is 16.9 Å². The third-order valence-corrected chi connectivity index (χ3v) is 7.10. The zero-order valence-corrected chi connectivity index (χ0v) is 16.1. The number of thiophene rings is 1. The number of urea groups is 1. The van der Waals surface area contributed by atoms with Gasteiger partial charge in [0.2, 0.25) is 0 Å². The molecule has 0 aliphatic heterocycles. The number of allylic oxidation sites excluding steroid dienone is 1. The minimum absolute atomic E-state index is 0.288. The number of hydrogen-bond acceptors (Lipinski definition) is 4. The van der Waals surface area contributed by atoms with Crippen LogP contribution in [0.2, 0.25) is 5.02 Å². The van der Waals surface area contributed by atoms with Crippen molar-refractivity contribution >= 4 is 55.6 Å². The average molecular weight is 397 g/mol. The summed E-state index contributed by atoms with van der Waals surface area (Å²) in [6.45, 7) is 1.85. The lowest BCUT2D eigenvalue weighted by Crippen LogP contribution is -2.20. The molecule has 8 heteroatoms. The number of carbonyl (C=O) groups is 1. The lowest BCUT2D eigenvalue weighted by molar-refractivity contribution is 0.262. The molecule has 0 bridgehead atoms. The number of carbonyl (C=O) groups excluding carboxylic acids is 1. The van der Waals surface area contributed by atoms with Crippen LogP contribution in [-0.4, -0.2) is 20.7 Å². The molecular weight excluding hydrogens is 380 g/mol. The van der Waals surface area contributed by atoms with E-state index in [0.717, 1.165) is 28.9 Å². The van der Waals surface area contributed by atoms with Crippen LogP contribution in [0.25, 0.3) is 6.08 Å². The van der Waals surface area contributed by atoms with Gasteiger partial charge in [0.1, 0.15) is 9.21 Å². The zero-order chi connectivity index (χ0) is 18.2. The second-order valence-corrected chi connectivity index (χ2v) is 9.53. The predicted octanol–water partition coefficient (Wildman–Crippen LogP) is 4.72. The van der Waals surface area contributed by atoms with E-state index < -0.39 is 15.9 Å². The van der Waals surface area contributed by atoms with Crippen LogP contribution in [0.5, 0.6) is 0 Å². The van der Waals surface area contributed by atoms with Gasteiger partial charge in [-0.05, 0) is 49.1 Å². The number of anilines is 2. The first-order valence-corrected chi connectivity index (χ1v) is 10.7. The summed E-state index contributed by atoms with van der Waals surface area (Å²) in [5.41, 5.74) is 3.05. The van der Waals surface area contributed by atoms with Gasteiger partial charge in [-0.1, -0.05) is 23.8 Å². The molecule has 132 valence electrons. The van der Waals surface area contributed by atoms with Crippen molar-refractivity contribution in [3.63, 3.8) is 0 Å². The van der Waals surface area contributed by atoms with Crippen molar-refractivity contribution in [2.45, 2.75) is 24.0 Å². The summed E-state index contributed by atoms with van der Waals surface area (Å²) >= 11 is 7.01. The molecule has 0 atom stereocenters. The Morgan fingerprint density at radius 3 is 2.72 bits per heavy atom. The van der Waals surface area contributed by atoms with Crippen LogP contribution < -0.4 is 10.6 Å². The fraction of sp³-hybridized carbons (Fsp3) is 0.235. The summed E-state index contributed by atoms with van der Waals surface area (Å²) in [6, 6.07) is 4.77. The summed E-state index contributed by atoms with van der Waals surface area (Å²) in [5.74, 6) is 0. The maximum Gasteiger partial charge on any atom is 0.324 e. The van der Waals surface area contributed by atoms with Crippen molar-refractivity contribution in [2.24, 2.45) is 0 Å². The van der Waals surface area contributed by atoms with Crippen LogP contribution in [0, 0.1) is 6.92 Å². The standard InChI is InChI=1S/C17H17ClN2O3S2/c1-10-9-11(18)7-8-14(10)19-17(21)20-15-12-5-3-4-6-13(12)16(24-15)25(2,22)23/h4,6-9H,3,5H2,1-2H3,(H2,19,20,21). The highest BCUT2D eigenvalue weighted by atomic mass is 35.5. The Labute approximate surface area is 155 Å². The van der Waals surface area contributed by atoms with Gasteiger partial charge in [-0.2, -0.15) is 0 Å². The Kier molecular flexibility index (Phi) is 4.90. The highest BCUT2D eigenvalue weighted by Crippen LogP contribution is 2.40. The van der Waals surface area contributed by atoms with Gasteiger partial charge in [0, 0.05) is 22.5 Å². The molecule has 0 radical (unpaired) electrons. The SMILES string of the molecule is Cc1cc(Cl)ccc1NC(=O)Nc1sc(S(C)(=O)=O)c2c1CCC=C2. The van der Waals surface area contributed by atoms with E-state index in [-0.39, 0.29) is 4.21 Å². The molecule has 3 rings (SSSR count). The summed E-state index contributed by atoms with van der Waals surface area (Å²) in [5, 5.41) is 6.73. The molecular formula is C17H17ClN2O3S2. The van der Waals surface area contributed by atoms with Crippen LogP contribution in [0.3, 0.4) is 0 Å². The topological polar surface area (TPSA) is 75.3 Å². The molecule has 2 N–H and O–H groups in total. The van der Waals surface area contributed by atoms with Gasteiger partial charge < -0.3 is 5.32 Å². The number of rotatable bonds is 3. The first-order chi connectivity index (χ1) is 11.8. The number of hydrogen-bond donors (Lipinski definition) is 2. The van der Waals surface area contributed by atoms with Crippen LogP contribution in [0.1, 0.15) is 23.1 Å². The summed E-state index contributed by atoms with van der Waals surface area (Å²) in [6.07, 6.45) is 6.47. The Morgan fingerprint density at radius 1 is 1.28 bits per heavy atom. The monoisotopic (exact) mass is 396 g/mol. The second-order valence-electron chi connectivity index (χ2n) is 5.86. The smallest absolute Gasteiger partial charge is 0.307 e. The van der Waals surface area contributed by atoms with Gasteiger partial charge >= 0.3 is 6.03 Å². The molecule has 1 aliphatic carbocycles. The maximum absolute atomic E-state index is 12.3. The van der Waals surface area contributed by atoms with E-state index >= 15 is 0 Å². The Balaban J connectivity index is 1.87. The average Bonchev–Trinajstić information content (AvgIpc) is 2.89. The molecule has 0 saturated heterocycles. The van der Waals surface area contributed by atoms with E-state index in [1.54, 1.807) is 18.2 Å². The molecule has 5 nitrogen and oxygen atoms in total. The minimum atomic E-state index is -3.35. The van der Waals surface area contributed by atoms with Crippen molar-refractivity contribution in [1.82, 2.24) is 0 Å². The van der Waals surface area contributed by atoms with Crippen molar-refractivity contribution in [3.05, 3.63) is 46.0 Å². The van der Waals surface area contributed by atoms with Crippen molar-refractivity contribution < 1.29 is 13.2 Å². The van der Waals surface area contributed by atoms with E-state index in [2.05, 4.69) is 10.6 Å². The van der Waals surface area contributed by atoms with E-state index in [0.29, 0.717) is 27.7 Å². The van der Waals surface area contributed by atoms with Crippen molar-refractivity contribution in [1.29, 1.82) is 0 Å². The quantitative estimate of drug-likeness (QED) is 0.788. The van der Waals surface area contributed by atoms with Crippen molar-refractivity contribution in [3.8, 4) is 0 Å². The molecule has 0 spiro atoms. The molecule has 0 fully saturated rings. The Bertz CT molecular complexity index is 978. The number of nitrogens with one attached hydrogen (secondary N) is 2. The van der Waals surface area contributed by atoms with Crippen LogP contribution in [-0.2, 0) is 16.3 Å². The summed E-state index contributed by atoms with van der Waals surface area (Å²) < 4.78 is 24.3. The number of benzene rings is 1. The Hall–Kier alpha value is -1.83. The lowest BCUT2D eigenvalue weighted by Gasteiger charge is -2.12. The first kappa shape index (κ1) is 18.0. The summed E-state index contributed by atoms with van der Waals surface area (Å²) in [4.78, 5) is 12.3. The van der Waals surface area contributed by atoms with Gasteiger partial charge in [0.25, 0.3) is 0 Å². The van der Waals surface area contributed by atoms with Gasteiger partial charge in [-0.25, -0.2) is 13.2 Å². The zero-order valence-electron chi connectivity index (χ0n) is 13.7. The molecule has 2 aromatic rings. The number of halogens is 1. The third kappa shape index (κ3) is 3.89. The number of sulfone groups is 1. The van der Waals surface area contributed by atoms with E-state index in [1.807, 2.05) is 19.1 Å². The first-order valence-electron chi connectivity index (χ1n) is 7.62. The molecule has 25 heavy (non-hydrogen) atoms. The largest absolute Gasteiger partial charge is 0.324 e. The fourth-order valence-corrected chi connectivity index (χ4v) is 5.34. The molecule has 2 amide bonds. The van der Waals surface area contributed by atoms with Gasteiger partial charge in [0.15, 0.2) is 9.84 Å². The number of aryl methyl sites for hydroxylation is 1. The molecule has 0 unspecified atom stereocenters. The molecule has 0 saturated carbocycles. The van der Waals surface area contributed by atoms with Gasteiger partial charge in [-0.15, -0.1) is 11.3 Å². The third-order valence-electron chi connectivity index (χ3n) is 3.86. The van der Waals surface area contributed by atoms with E-state index in [4.69, 9.17) is 11.6 Å². The molecule has 1 heterocycles. The maximum atomic E-state index is 12.3. The Morgan fingerprint density at radius 2 is 2.04 bits per heavy atom. The highest BCUT2D eigenvalue weighted by molar-refractivity contribution is 7.93. The van der Waals surface area contributed by atoms with E-state index in [9.17, 15) is 13.2 Å². The van der Waals surface area contributed by atoms with Crippen LogP contribution in [0.4, 0.5) is 15.5 Å². The summed E-state index contributed by atoms with van der Waals surface area (Å²) in [7, 11) is -3.35.